The Morgan fingerprint density at radius 2 is 1.70 bits per heavy atom. The monoisotopic (exact) mass is 410 g/mol. The van der Waals surface area contributed by atoms with Crippen LogP contribution in [0.5, 0.6) is 11.5 Å². The fourth-order valence-corrected chi connectivity index (χ4v) is 3.69. The third kappa shape index (κ3) is 5.75. The molecule has 1 aliphatic rings. The summed E-state index contributed by atoms with van der Waals surface area (Å²) in [7, 11) is 1.64. The maximum absolute atomic E-state index is 12.8. The maximum atomic E-state index is 12.8. The quantitative estimate of drug-likeness (QED) is 0.722. The molecule has 1 aliphatic heterocycles. The number of piperidine rings is 1. The van der Waals surface area contributed by atoms with Gasteiger partial charge in [-0.1, -0.05) is 37.3 Å². The molecule has 0 saturated carbocycles. The molecule has 30 heavy (non-hydrogen) atoms. The van der Waals surface area contributed by atoms with Gasteiger partial charge >= 0.3 is 0 Å². The molecule has 0 aromatic heterocycles. The second kappa shape index (κ2) is 10.7. The summed E-state index contributed by atoms with van der Waals surface area (Å²) in [5.74, 6) is 1.43. The van der Waals surface area contributed by atoms with Gasteiger partial charge in [0.2, 0.25) is 5.91 Å². The minimum Gasteiger partial charge on any atom is -0.497 e. The van der Waals surface area contributed by atoms with Gasteiger partial charge in [0.05, 0.1) is 13.2 Å². The molecule has 6 nitrogen and oxygen atoms in total. The second-order valence-corrected chi connectivity index (χ2v) is 7.50. The van der Waals surface area contributed by atoms with Crippen LogP contribution in [-0.4, -0.2) is 43.5 Å². The molecule has 1 heterocycles. The van der Waals surface area contributed by atoms with Gasteiger partial charge < -0.3 is 19.7 Å². The number of carbonyl (C=O) groups excluding carboxylic acids is 2. The second-order valence-electron chi connectivity index (χ2n) is 7.50. The van der Waals surface area contributed by atoms with E-state index in [2.05, 4.69) is 12.2 Å². The molecule has 3 rings (SSSR count). The molecule has 0 bridgehead atoms. The van der Waals surface area contributed by atoms with E-state index in [0.717, 1.165) is 17.7 Å². The van der Waals surface area contributed by atoms with E-state index in [-0.39, 0.29) is 30.4 Å². The first kappa shape index (κ1) is 21.7. The van der Waals surface area contributed by atoms with Crippen molar-refractivity contribution in [3.05, 3.63) is 60.2 Å². The van der Waals surface area contributed by atoms with Gasteiger partial charge in [-0.05, 0) is 49.1 Å². The number of hydrogen-bond acceptors (Lipinski definition) is 4. The largest absolute Gasteiger partial charge is 0.497 e. The predicted octanol–water partition coefficient (Wildman–Crippen LogP) is 3.58. The number of para-hydroxylation sites is 1. The van der Waals surface area contributed by atoms with E-state index in [9.17, 15) is 9.59 Å². The normalized spacial score (nSPS) is 15.3. The van der Waals surface area contributed by atoms with Crippen LogP contribution in [0.2, 0.25) is 0 Å². The third-order valence-electron chi connectivity index (χ3n) is 5.57. The van der Waals surface area contributed by atoms with Gasteiger partial charge in [0, 0.05) is 19.0 Å². The number of nitrogens with one attached hydrogen (secondary N) is 1. The van der Waals surface area contributed by atoms with Gasteiger partial charge in [-0.2, -0.15) is 0 Å². The van der Waals surface area contributed by atoms with Crippen LogP contribution in [0.25, 0.3) is 0 Å². The maximum Gasteiger partial charge on any atom is 0.260 e. The number of methoxy groups -OCH3 is 1. The van der Waals surface area contributed by atoms with Crippen molar-refractivity contribution in [3.63, 3.8) is 0 Å². The van der Waals surface area contributed by atoms with Gasteiger partial charge in [-0.25, -0.2) is 0 Å². The van der Waals surface area contributed by atoms with Crippen molar-refractivity contribution in [2.45, 2.75) is 32.2 Å². The summed E-state index contributed by atoms with van der Waals surface area (Å²) in [5, 5.41) is 3.17. The van der Waals surface area contributed by atoms with Crippen LogP contribution in [0.3, 0.4) is 0 Å². The van der Waals surface area contributed by atoms with E-state index >= 15 is 0 Å². The van der Waals surface area contributed by atoms with Crippen LogP contribution in [0.1, 0.15) is 37.8 Å². The average molecular weight is 411 g/mol. The van der Waals surface area contributed by atoms with E-state index in [0.29, 0.717) is 31.7 Å². The van der Waals surface area contributed by atoms with Gasteiger partial charge in [-0.15, -0.1) is 0 Å². The number of ether oxygens (including phenoxy) is 2. The topological polar surface area (TPSA) is 67.9 Å². The van der Waals surface area contributed by atoms with E-state index < -0.39 is 0 Å². The van der Waals surface area contributed by atoms with Crippen molar-refractivity contribution in [1.82, 2.24) is 10.2 Å². The third-order valence-corrected chi connectivity index (χ3v) is 5.57. The zero-order chi connectivity index (χ0) is 21.3. The summed E-state index contributed by atoms with van der Waals surface area (Å²) in [4.78, 5) is 27.0. The highest BCUT2D eigenvalue weighted by Crippen LogP contribution is 2.23. The summed E-state index contributed by atoms with van der Waals surface area (Å²) in [6.45, 7) is 3.24. The van der Waals surface area contributed by atoms with Crippen molar-refractivity contribution < 1.29 is 19.1 Å². The number of hydrogen-bond donors (Lipinski definition) is 1. The molecule has 0 radical (unpaired) electrons. The molecule has 1 atom stereocenters. The molecule has 6 heteroatoms. The molecule has 1 unspecified atom stereocenters. The zero-order valence-corrected chi connectivity index (χ0v) is 17.7. The zero-order valence-electron chi connectivity index (χ0n) is 17.7. The molecule has 0 aliphatic carbocycles. The van der Waals surface area contributed by atoms with Crippen molar-refractivity contribution in [2.75, 3.05) is 26.8 Å². The van der Waals surface area contributed by atoms with Crippen molar-refractivity contribution in [2.24, 2.45) is 5.92 Å². The number of nitrogens with zero attached hydrogens (tertiary/aromatic N) is 1. The highest BCUT2D eigenvalue weighted by atomic mass is 16.5. The van der Waals surface area contributed by atoms with Gasteiger partial charge in [0.25, 0.3) is 5.91 Å². The number of carbonyl (C=O) groups is 2. The summed E-state index contributed by atoms with van der Waals surface area (Å²) in [6.07, 6.45) is 2.15. The Morgan fingerprint density at radius 3 is 2.30 bits per heavy atom. The Kier molecular flexibility index (Phi) is 7.71. The van der Waals surface area contributed by atoms with Crippen LogP contribution < -0.4 is 14.8 Å². The lowest BCUT2D eigenvalue weighted by atomic mass is 9.94. The Labute approximate surface area is 178 Å². The average Bonchev–Trinajstić information content (AvgIpc) is 2.81. The van der Waals surface area contributed by atoms with Crippen LogP contribution >= 0.6 is 0 Å². The smallest absolute Gasteiger partial charge is 0.260 e. The van der Waals surface area contributed by atoms with E-state index in [1.54, 1.807) is 12.0 Å². The fourth-order valence-electron chi connectivity index (χ4n) is 3.69. The molecule has 2 aromatic rings. The highest BCUT2D eigenvalue weighted by molar-refractivity contribution is 5.81. The van der Waals surface area contributed by atoms with Crippen molar-refractivity contribution in [1.29, 1.82) is 0 Å². The molecule has 0 spiro atoms. The van der Waals surface area contributed by atoms with Crippen LogP contribution in [0, 0.1) is 5.92 Å². The van der Waals surface area contributed by atoms with E-state index in [1.165, 1.54) is 0 Å². The van der Waals surface area contributed by atoms with Gasteiger partial charge in [0.1, 0.15) is 11.5 Å². The van der Waals surface area contributed by atoms with Crippen LogP contribution in [-0.2, 0) is 9.59 Å². The molecule has 2 amide bonds. The molecular weight excluding hydrogens is 380 g/mol. The lowest BCUT2D eigenvalue weighted by Crippen LogP contribution is -2.45. The summed E-state index contributed by atoms with van der Waals surface area (Å²) in [6, 6.07) is 17.1. The Morgan fingerprint density at radius 1 is 1.03 bits per heavy atom. The first-order valence-electron chi connectivity index (χ1n) is 10.5. The molecule has 2 aromatic carbocycles. The molecule has 1 N–H and O–H groups in total. The lowest BCUT2D eigenvalue weighted by molar-refractivity contribution is -0.137. The minimum atomic E-state index is -0.0728. The van der Waals surface area contributed by atoms with Crippen molar-refractivity contribution >= 4 is 11.8 Å². The summed E-state index contributed by atoms with van der Waals surface area (Å²) in [5.41, 5.74) is 1.07. The van der Waals surface area contributed by atoms with Crippen molar-refractivity contribution in [3.8, 4) is 11.5 Å². The molecule has 160 valence electrons. The predicted molar refractivity (Wildman–Crippen MR) is 115 cm³/mol. The molecule has 1 saturated heterocycles. The summed E-state index contributed by atoms with van der Waals surface area (Å²) < 4.78 is 10.8. The lowest BCUT2D eigenvalue weighted by Gasteiger charge is -2.32. The van der Waals surface area contributed by atoms with Gasteiger partial charge in [-0.3, -0.25) is 9.59 Å². The van der Waals surface area contributed by atoms with E-state index in [1.807, 2.05) is 54.6 Å². The summed E-state index contributed by atoms with van der Waals surface area (Å²) >= 11 is 0. The first-order chi connectivity index (χ1) is 14.6. The molecule has 1 fully saturated rings. The number of benzene rings is 2. The first-order valence-corrected chi connectivity index (χ1v) is 10.5. The van der Waals surface area contributed by atoms with Crippen LogP contribution in [0.4, 0.5) is 0 Å². The Bertz CT molecular complexity index is 815. The minimum absolute atomic E-state index is 0.0241. The highest BCUT2D eigenvalue weighted by Gasteiger charge is 2.28. The number of rotatable bonds is 8. The number of likely N-dealkylation sites (tertiary alicyclic amines) is 1. The SMILES string of the molecule is CCC(NC(=O)C1CCN(C(=O)COc2ccccc2)CC1)c1ccc(OC)cc1. The van der Waals surface area contributed by atoms with Gasteiger partial charge in [0.15, 0.2) is 6.61 Å². The number of amides is 2. The standard InChI is InChI=1S/C24H30N2O4/c1-3-22(18-9-11-20(29-2)12-10-18)25-24(28)19-13-15-26(16-14-19)23(27)17-30-21-7-5-4-6-8-21/h4-12,19,22H,3,13-17H2,1-2H3,(H,25,28). The van der Waals surface area contributed by atoms with Crippen LogP contribution in [0.15, 0.2) is 54.6 Å². The fraction of sp³-hybridized carbons (Fsp3) is 0.417. The van der Waals surface area contributed by atoms with E-state index in [4.69, 9.17) is 9.47 Å². The Balaban J connectivity index is 1.46. The Hall–Kier alpha value is -3.02. The molecular formula is C24H30N2O4.